The van der Waals surface area contributed by atoms with E-state index in [2.05, 4.69) is 41.8 Å². The Hall–Kier alpha value is -1.00. The number of nitrogens with one attached hydrogen (secondary N) is 2. The summed E-state index contributed by atoms with van der Waals surface area (Å²) >= 11 is 1.64. The third kappa shape index (κ3) is 4.75. The number of hydrogen-bond acceptors (Lipinski definition) is 3. The summed E-state index contributed by atoms with van der Waals surface area (Å²) in [5.41, 5.74) is 1.26. The summed E-state index contributed by atoms with van der Waals surface area (Å²) in [6.07, 6.45) is 4.77. The third-order valence-electron chi connectivity index (χ3n) is 4.17. The first-order valence-corrected chi connectivity index (χ1v) is 8.72. The molecule has 1 fully saturated rings. The van der Waals surface area contributed by atoms with E-state index in [-0.39, 0.29) is 11.2 Å². The van der Waals surface area contributed by atoms with Crippen LogP contribution in [0.3, 0.4) is 0 Å². The van der Waals surface area contributed by atoms with Crippen LogP contribution in [0.2, 0.25) is 0 Å². The molecule has 0 bridgehead atoms. The second kappa shape index (κ2) is 7.85. The topological polar surface area (TPSA) is 41.1 Å². The molecule has 0 spiro atoms. The molecule has 116 valence electrons. The van der Waals surface area contributed by atoms with Crippen LogP contribution in [0.15, 0.2) is 29.2 Å². The molecule has 0 heterocycles. The maximum atomic E-state index is 12.2. The molecule has 1 saturated carbocycles. The Labute approximate surface area is 132 Å². The normalized spacial score (nSPS) is 18.4. The van der Waals surface area contributed by atoms with Gasteiger partial charge in [-0.15, -0.1) is 11.8 Å². The first-order valence-electron chi connectivity index (χ1n) is 7.84. The number of carbonyl (C=O) groups is 1. The van der Waals surface area contributed by atoms with Gasteiger partial charge in [0.25, 0.3) is 0 Å². The van der Waals surface area contributed by atoms with E-state index in [4.69, 9.17) is 0 Å². The van der Waals surface area contributed by atoms with Crippen LogP contribution in [0.4, 0.5) is 0 Å². The molecule has 0 aliphatic heterocycles. The van der Waals surface area contributed by atoms with Gasteiger partial charge in [0, 0.05) is 17.0 Å². The second-order valence-electron chi connectivity index (χ2n) is 5.83. The van der Waals surface area contributed by atoms with Gasteiger partial charge in [-0.2, -0.15) is 0 Å². The summed E-state index contributed by atoms with van der Waals surface area (Å²) in [6, 6.07) is 9.16. The largest absolute Gasteiger partial charge is 0.352 e. The SMILES string of the molecule is CNC(C)c1cccc(SC(C)C(=O)NC2CCCC2)c1. The van der Waals surface area contributed by atoms with Gasteiger partial charge in [0.2, 0.25) is 5.91 Å². The molecule has 0 radical (unpaired) electrons. The van der Waals surface area contributed by atoms with E-state index >= 15 is 0 Å². The summed E-state index contributed by atoms with van der Waals surface area (Å²) < 4.78 is 0. The van der Waals surface area contributed by atoms with E-state index in [0.29, 0.717) is 12.1 Å². The molecule has 2 rings (SSSR count). The molecule has 1 aromatic rings. The van der Waals surface area contributed by atoms with Gasteiger partial charge in [0.05, 0.1) is 5.25 Å². The van der Waals surface area contributed by atoms with E-state index in [9.17, 15) is 4.79 Å². The molecular weight excluding hydrogens is 280 g/mol. The van der Waals surface area contributed by atoms with Crippen LogP contribution < -0.4 is 10.6 Å². The Morgan fingerprint density at radius 1 is 1.29 bits per heavy atom. The minimum absolute atomic E-state index is 0.0502. The van der Waals surface area contributed by atoms with Crippen LogP contribution >= 0.6 is 11.8 Å². The molecule has 0 aromatic heterocycles. The molecule has 3 nitrogen and oxygen atoms in total. The Bertz CT molecular complexity index is 472. The lowest BCUT2D eigenvalue weighted by molar-refractivity contribution is -0.120. The van der Waals surface area contributed by atoms with Gasteiger partial charge >= 0.3 is 0 Å². The highest BCUT2D eigenvalue weighted by Gasteiger charge is 2.21. The summed E-state index contributed by atoms with van der Waals surface area (Å²) in [7, 11) is 1.96. The van der Waals surface area contributed by atoms with Crippen molar-refractivity contribution in [3.05, 3.63) is 29.8 Å². The average Bonchev–Trinajstić information content (AvgIpc) is 2.99. The van der Waals surface area contributed by atoms with Crippen LogP contribution in [0.1, 0.15) is 51.1 Å². The van der Waals surface area contributed by atoms with E-state index in [0.717, 1.165) is 17.7 Å². The average molecular weight is 306 g/mol. The number of benzene rings is 1. The summed E-state index contributed by atoms with van der Waals surface area (Å²) in [6.45, 7) is 4.13. The fourth-order valence-corrected chi connectivity index (χ4v) is 3.61. The molecule has 1 amide bonds. The van der Waals surface area contributed by atoms with Crippen LogP contribution in [0.5, 0.6) is 0 Å². The molecular formula is C17H26N2OS. The van der Waals surface area contributed by atoms with Crippen LogP contribution in [0, 0.1) is 0 Å². The molecule has 2 unspecified atom stereocenters. The molecule has 1 aliphatic rings. The lowest BCUT2D eigenvalue weighted by Gasteiger charge is -2.17. The number of amides is 1. The first-order chi connectivity index (χ1) is 10.1. The van der Waals surface area contributed by atoms with Gasteiger partial charge in [-0.05, 0) is 51.4 Å². The van der Waals surface area contributed by atoms with E-state index in [1.807, 2.05) is 14.0 Å². The molecule has 1 aliphatic carbocycles. The number of hydrogen-bond donors (Lipinski definition) is 2. The van der Waals surface area contributed by atoms with Gasteiger partial charge in [0.15, 0.2) is 0 Å². The molecule has 1 aromatic carbocycles. The number of rotatable bonds is 6. The maximum absolute atomic E-state index is 12.2. The quantitative estimate of drug-likeness (QED) is 0.790. The van der Waals surface area contributed by atoms with E-state index in [1.165, 1.54) is 18.4 Å². The van der Waals surface area contributed by atoms with Gasteiger partial charge in [-0.3, -0.25) is 4.79 Å². The van der Waals surface area contributed by atoms with Crippen molar-refractivity contribution in [3.63, 3.8) is 0 Å². The number of thioether (sulfide) groups is 1. The standard InChI is InChI=1S/C17H26N2OS/c1-12(18-3)14-7-6-10-16(11-14)21-13(2)17(20)19-15-8-4-5-9-15/h6-7,10-13,15,18H,4-5,8-9H2,1-3H3,(H,19,20). The zero-order chi connectivity index (χ0) is 15.2. The Morgan fingerprint density at radius 3 is 2.67 bits per heavy atom. The molecule has 2 atom stereocenters. The van der Waals surface area contributed by atoms with Crippen LogP contribution in [-0.2, 0) is 4.79 Å². The van der Waals surface area contributed by atoms with Gasteiger partial charge in [-0.1, -0.05) is 25.0 Å². The summed E-state index contributed by atoms with van der Waals surface area (Å²) in [4.78, 5) is 13.4. The first kappa shape index (κ1) is 16.4. The predicted molar refractivity (Wildman–Crippen MR) is 89.6 cm³/mol. The van der Waals surface area contributed by atoms with Gasteiger partial charge in [-0.25, -0.2) is 0 Å². The minimum atomic E-state index is -0.0502. The molecule has 2 N–H and O–H groups in total. The monoisotopic (exact) mass is 306 g/mol. The second-order valence-corrected chi connectivity index (χ2v) is 7.25. The minimum Gasteiger partial charge on any atom is -0.352 e. The van der Waals surface area contributed by atoms with Crippen molar-refractivity contribution in [3.8, 4) is 0 Å². The highest BCUT2D eigenvalue weighted by atomic mass is 32.2. The van der Waals surface area contributed by atoms with Crippen LogP contribution in [-0.4, -0.2) is 24.2 Å². The summed E-state index contributed by atoms with van der Waals surface area (Å²) in [5.74, 6) is 0.166. The Balaban J connectivity index is 1.92. The van der Waals surface area contributed by atoms with Crippen molar-refractivity contribution in [1.29, 1.82) is 0 Å². The molecule has 0 saturated heterocycles. The Morgan fingerprint density at radius 2 is 2.00 bits per heavy atom. The zero-order valence-electron chi connectivity index (χ0n) is 13.2. The van der Waals surface area contributed by atoms with Crippen LogP contribution in [0.25, 0.3) is 0 Å². The fourth-order valence-electron chi connectivity index (χ4n) is 2.67. The van der Waals surface area contributed by atoms with E-state index < -0.39 is 0 Å². The lowest BCUT2D eigenvalue weighted by atomic mass is 10.1. The molecule has 4 heteroatoms. The van der Waals surface area contributed by atoms with Crippen molar-refractivity contribution in [2.75, 3.05) is 7.05 Å². The highest BCUT2D eigenvalue weighted by molar-refractivity contribution is 8.00. The van der Waals surface area contributed by atoms with Crippen molar-refractivity contribution >= 4 is 17.7 Å². The smallest absolute Gasteiger partial charge is 0.233 e. The van der Waals surface area contributed by atoms with Gasteiger partial charge in [0.1, 0.15) is 0 Å². The zero-order valence-corrected chi connectivity index (χ0v) is 14.0. The third-order valence-corrected chi connectivity index (χ3v) is 5.27. The maximum Gasteiger partial charge on any atom is 0.233 e. The highest BCUT2D eigenvalue weighted by Crippen LogP contribution is 2.27. The fraction of sp³-hybridized carbons (Fsp3) is 0.588. The van der Waals surface area contributed by atoms with Crippen molar-refractivity contribution < 1.29 is 4.79 Å². The summed E-state index contributed by atoms with van der Waals surface area (Å²) in [5, 5.41) is 6.37. The van der Waals surface area contributed by atoms with Crippen molar-refractivity contribution in [1.82, 2.24) is 10.6 Å². The lowest BCUT2D eigenvalue weighted by Crippen LogP contribution is -2.37. The number of carbonyl (C=O) groups excluding carboxylic acids is 1. The molecule has 21 heavy (non-hydrogen) atoms. The van der Waals surface area contributed by atoms with Gasteiger partial charge < -0.3 is 10.6 Å². The Kier molecular flexibility index (Phi) is 6.12. The predicted octanol–water partition coefficient (Wildman–Crippen LogP) is 3.51. The van der Waals surface area contributed by atoms with E-state index in [1.54, 1.807) is 11.8 Å². The van der Waals surface area contributed by atoms with Crippen molar-refractivity contribution in [2.45, 2.75) is 61.8 Å². The van der Waals surface area contributed by atoms with Crippen molar-refractivity contribution in [2.24, 2.45) is 0 Å².